The Kier molecular flexibility index (Phi) is 5.52. The second-order valence-corrected chi connectivity index (χ2v) is 6.66. The summed E-state index contributed by atoms with van der Waals surface area (Å²) in [5, 5.41) is 10.6. The van der Waals surface area contributed by atoms with Crippen molar-refractivity contribution in [3.05, 3.63) is 58.9 Å². The van der Waals surface area contributed by atoms with E-state index in [2.05, 4.69) is 20.3 Å². The maximum atomic E-state index is 14.7. The smallest absolute Gasteiger partial charge is 0.201 e. The number of halogens is 2. The summed E-state index contributed by atoms with van der Waals surface area (Å²) in [7, 11) is -2.73. The molecule has 2 aliphatic rings. The van der Waals surface area contributed by atoms with Crippen molar-refractivity contribution in [3.8, 4) is 0 Å². The monoisotopic (exact) mass is 382 g/mol. The number of aryl methyl sites for hydroxylation is 1. The molecule has 0 aromatic heterocycles. The lowest BCUT2D eigenvalue weighted by Gasteiger charge is -2.17. The van der Waals surface area contributed by atoms with Crippen LogP contribution in [-0.4, -0.2) is 26.9 Å². The van der Waals surface area contributed by atoms with Crippen LogP contribution in [0.4, 0.5) is 8.78 Å². The van der Waals surface area contributed by atoms with Gasteiger partial charge < -0.3 is 5.32 Å². The van der Waals surface area contributed by atoms with Gasteiger partial charge in [-0.25, -0.2) is 21.9 Å². The third-order valence-electron chi connectivity index (χ3n) is 4.14. The number of rotatable bonds is 7. The first-order chi connectivity index (χ1) is 12.5. The lowest BCUT2D eigenvalue weighted by molar-refractivity contribution is 0.102. The fourth-order valence-corrected chi connectivity index (χ4v) is 3.26. The molecule has 2 N–H and O–H groups in total. The van der Waals surface area contributed by atoms with E-state index in [4.69, 9.17) is 0 Å². The zero-order chi connectivity index (χ0) is 18.7. The van der Waals surface area contributed by atoms with Gasteiger partial charge in [-0.15, -0.1) is 0 Å². The molecule has 3 rings (SSSR count). The van der Waals surface area contributed by atoms with Crippen LogP contribution < -0.4 is 10.0 Å². The molecule has 26 heavy (non-hydrogen) atoms. The van der Waals surface area contributed by atoms with E-state index in [0.29, 0.717) is 0 Å². The molecule has 0 saturated carbocycles. The highest BCUT2D eigenvalue weighted by molar-refractivity contribution is 7.70. The highest BCUT2D eigenvalue weighted by Crippen LogP contribution is 2.30. The molecule has 138 valence electrons. The quantitative estimate of drug-likeness (QED) is 0.379. The van der Waals surface area contributed by atoms with E-state index in [1.54, 1.807) is 6.08 Å². The van der Waals surface area contributed by atoms with Crippen molar-refractivity contribution < 1.29 is 22.0 Å². The molecule has 0 amide bonds. The topological polar surface area (TPSA) is 100.0 Å². The second kappa shape index (κ2) is 7.83. The van der Waals surface area contributed by atoms with E-state index >= 15 is 0 Å². The summed E-state index contributed by atoms with van der Waals surface area (Å²) in [6.45, 7) is 0.104. The number of carbonyl (C=O) groups excluding carboxylic acids is 1. The SMILES string of the molecule is O=C(C1=CNC2N=NC=CC12)c1cc(F)cc(CCCN[SH](=O)=O)c1F. The number of benzene rings is 1. The van der Waals surface area contributed by atoms with Gasteiger partial charge in [0.2, 0.25) is 10.9 Å². The fraction of sp³-hybridized carbons (Fsp3) is 0.312. The largest absolute Gasteiger partial charge is 0.367 e. The van der Waals surface area contributed by atoms with Gasteiger partial charge in [0.25, 0.3) is 0 Å². The van der Waals surface area contributed by atoms with E-state index in [-0.39, 0.29) is 42.0 Å². The van der Waals surface area contributed by atoms with Crippen LogP contribution in [0.1, 0.15) is 22.3 Å². The van der Waals surface area contributed by atoms with Crippen molar-refractivity contribution in [3.63, 3.8) is 0 Å². The normalized spacial score (nSPS) is 20.8. The van der Waals surface area contributed by atoms with Crippen molar-refractivity contribution in [2.75, 3.05) is 6.54 Å². The Morgan fingerprint density at radius 3 is 2.88 bits per heavy atom. The lowest BCUT2D eigenvalue weighted by atomic mass is 9.91. The van der Waals surface area contributed by atoms with Crippen molar-refractivity contribution in [2.45, 2.75) is 19.0 Å². The van der Waals surface area contributed by atoms with E-state index in [1.165, 1.54) is 12.4 Å². The molecule has 0 spiro atoms. The van der Waals surface area contributed by atoms with Crippen LogP contribution in [0.15, 0.2) is 46.4 Å². The first kappa shape index (κ1) is 18.3. The predicted octanol–water partition coefficient (Wildman–Crippen LogP) is 1.60. The van der Waals surface area contributed by atoms with Gasteiger partial charge in [-0.3, -0.25) is 4.79 Å². The van der Waals surface area contributed by atoms with E-state index in [9.17, 15) is 22.0 Å². The highest BCUT2D eigenvalue weighted by Gasteiger charge is 2.34. The number of hydrogen-bond donors (Lipinski definition) is 3. The number of azo groups is 1. The molecule has 1 aromatic carbocycles. The minimum atomic E-state index is -2.73. The maximum absolute atomic E-state index is 14.7. The minimum absolute atomic E-state index is 0.0262. The van der Waals surface area contributed by atoms with Crippen LogP contribution in [-0.2, 0) is 17.3 Å². The molecule has 1 aromatic rings. The Hall–Kier alpha value is -2.46. The van der Waals surface area contributed by atoms with Crippen LogP contribution in [0.5, 0.6) is 0 Å². The van der Waals surface area contributed by atoms with Crippen molar-refractivity contribution in [1.29, 1.82) is 0 Å². The summed E-state index contributed by atoms with van der Waals surface area (Å²) >= 11 is 0. The zero-order valence-corrected chi connectivity index (χ0v) is 14.4. The van der Waals surface area contributed by atoms with E-state index < -0.39 is 34.5 Å². The molecular formula is C16H16F2N4O3S. The molecule has 0 fully saturated rings. The van der Waals surface area contributed by atoms with Crippen molar-refractivity contribution >= 4 is 16.7 Å². The molecule has 2 heterocycles. The Balaban J connectivity index is 1.80. The second-order valence-electron chi connectivity index (χ2n) is 5.83. The van der Waals surface area contributed by atoms with E-state index in [0.717, 1.165) is 12.1 Å². The summed E-state index contributed by atoms with van der Waals surface area (Å²) in [6, 6.07) is 1.89. The van der Waals surface area contributed by atoms with Gasteiger partial charge in [-0.1, -0.05) is 6.08 Å². The Morgan fingerprint density at radius 2 is 2.12 bits per heavy atom. The summed E-state index contributed by atoms with van der Waals surface area (Å²) in [5.74, 6) is -2.53. The first-order valence-electron chi connectivity index (χ1n) is 7.90. The zero-order valence-electron chi connectivity index (χ0n) is 13.5. The van der Waals surface area contributed by atoms with Crippen molar-refractivity contribution in [1.82, 2.24) is 10.0 Å². The number of carbonyl (C=O) groups is 1. The van der Waals surface area contributed by atoms with Gasteiger partial charge in [-0.2, -0.15) is 10.2 Å². The predicted molar refractivity (Wildman–Crippen MR) is 89.8 cm³/mol. The maximum Gasteiger partial charge on any atom is 0.201 e. The molecule has 7 nitrogen and oxygen atoms in total. The van der Waals surface area contributed by atoms with E-state index in [1.807, 2.05) is 0 Å². The average Bonchev–Trinajstić information content (AvgIpc) is 3.04. The van der Waals surface area contributed by atoms with Gasteiger partial charge in [-0.05, 0) is 30.5 Å². The van der Waals surface area contributed by atoms with Crippen molar-refractivity contribution in [2.24, 2.45) is 16.1 Å². The van der Waals surface area contributed by atoms with Gasteiger partial charge >= 0.3 is 0 Å². The first-order valence-corrected chi connectivity index (χ1v) is 9.08. The number of nitrogens with zero attached hydrogens (tertiary/aromatic N) is 2. The lowest BCUT2D eigenvalue weighted by Crippen LogP contribution is -2.26. The highest BCUT2D eigenvalue weighted by atomic mass is 32.2. The third kappa shape index (κ3) is 3.86. The Bertz CT molecular complexity index is 888. The van der Waals surface area contributed by atoms with Crippen LogP contribution in [0.3, 0.4) is 0 Å². The van der Waals surface area contributed by atoms with Gasteiger partial charge in [0.15, 0.2) is 5.78 Å². The number of hydrogen-bond acceptors (Lipinski definition) is 6. The number of thiol groups is 1. The molecular weight excluding hydrogens is 366 g/mol. The average molecular weight is 382 g/mol. The number of ketones is 1. The molecule has 2 atom stereocenters. The Labute approximate surface area is 150 Å². The molecule has 0 radical (unpaired) electrons. The third-order valence-corrected chi connectivity index (χ3v) is 4.63. The standard InChI is InChI=1S/C16H16F2N4O3S/c17-10-6-9(2-1-4-21-26(24)25)14(18)12(7-10)15(23)13-8-19-16-11(13)3-5-20-22-16/h3,5-8,11,16,19,26H,1-2,4H2,(H,21,24,25). The molecule has 2 aliphatic heterocycles. The number of nitrogens with one attached hydrogen (secondary N) is 2. The summed E-state index contributed by atoms with van der Waals surface area (Å²) in [4.78, 5) is 12.7. The fourth-order valence-electron chi connectivity index (χ4n) is 2.92. The number of fused-ring (bicyclic) bond motifs is 1. The van der Waals surface area contributed by atoms with Gasteiger partial charge in [0, 0.05) is 24.5 Å². The summed E-state index contributed by atoms with van der Waals surface area (Å²) < 4.78 is 51.7. The molecule has 0 aliphatic carbocycles. The summed E-state index contributed by atoms with van der Waals surface area (Å²) in [6.07, 6.45) is 4.53. The minimum Gasteiger partial charge on any atom is -0.367 e. The number of Topliss-reactive ketones (excluding diaryl/α,β-unsaturated/α-hetero) is 1. The Morgan fingerprint density at radius 1 is 1.31 bits per heavy atom. The molecule has 2 unspecified atom stereocenters. The molecule has 10 heteroatoms. The van der Waals surface area contributed by atoms with Crippen LogP contribution >= 0.6 is 0 Å². The van der Waals surface area contributed by atoms with Crippen LogP contribution in [0.2, 0.25) is 0 Å². The van der Waals surface area contributed by atoms with Gasteiger partial charge in [0.1, 0.15) is 17.8 Å². The molecule has 0 saturated heterocycles. The van der Waals surface area contributed by atoms with Crippen LogP contribution in [0, 0.1) is 17.6 Å². The van der Waals surface area contributed by atoms with Gasteiger partial charge in [0.05, 0.1) is 11.5 Å². The molecule has 0 bridgehead atoms. The summed E-state index contributed by atoms with van der Waals surface area (Å²) in [5.41, 5.74) is -0.0453. The van der Waals surface area contributed by atoms with Crippen LogP contribution in [0.25, 0.3) is 0 Å².